The number of aromatic nitrogens is 4. The average molecular weight is 954 g/mol. The molecule has 3 N–H and O–H groups in total. The Bertz CT molecular complexity index is 1880. The first-order chi connectivity index (χ1) is 28.7. The monoisotopic (exact) mass is 953 g/mol. The lowest BCUT2D eigenvalue weighted by molar-refractivity contribution is -0.151. The number of aliphatic hydroxyl groups is 2. The van der Waals surface area contributed by atoms with Crippen molar-refractivity contribution in [2.75, 3.05) is 5.33 Å². The van der Waals surface area contributed by atoms with E-state index in [2.05, 4.69) is 58.9 Å². The number of nitrogens with zero attached hydrogens (tertiary/aromatic N) is 3. The molecule has 0 radical (unpaired) electrons. The summed E-state index contributed by atoms with van der Waals surface area (Å²) in [5.74, 6) is 7.34. The minimum absolute atomic E-state index is 0. The fourth-order valence-electron chi connectivity index (χ4n) is 17.2. The summed E-state index contributed by atoms with van der Waals surface area (Å²) in [6.45, 7) is 18.5. The van der Waals surface area contributed by atoms with Gasteiger partial charge in [0.15, 0.2) is 5.78 Å². The number of halogens is 1. The van der Waals surface area contributed by atoms with Crippen LogP contribution >= 0.6 is 15.9 Å². The molecule has 2 heterocycles. The Hall–Kier alpha value is -1.84. The molecule has 0 aromatic carbocycles. The summed E-state index contributed by atoms with van der Waals surface area (Å²) in [4.78, 5) is 25.8. The number of nitrogens with one attached hydrogen (secondary N) is 1. The lowest BCUT2D eigenvalue weighted by atomic mass is 9.44. The highest BCUT2D eigenvalue weighted by atomic mass is 79.9. The number of hydrogen-bond donors (Lipinski definition) is 3. The van der Waals surface area contributed by atoms with Crippen molar-refractivity contribution in [2.45, 2.75) is 211 Å². The van der Waals surface area contributed by atoms with Gasteiger partial charge in [-0.3, -0.25) is 19.4 Å². The molecule has 0 unspecified atom stereocenters. The third-order valence-electron chi connectivity index (χ3n) is 20.5. The maximum absolute atomic E-state index is 13.3. The van der Waals surface area contributed by atoms with Crippen LogP contribution in [0.1, 0.15) is 191 Å². The Morgan fingerprint density at radius 3 is 1.48 bits per heavy atom. The molecule has 16 atom stereocenters. The van der Waals surface area contributed by atoms with Crippen molar-refractivity contribution < 1.29 is 19.8 Å². The van der Waals surface area contributed by atoms with Crippen LogP contribution in [0.2, 0.25) is 0 Å². The van der Waals surface area contributed by atoms with Crippen LogP contribution in [0.4, 0.5) is 0 Å². The zero-order valence-electron chi connectivity index (χ0n) is 39.2. The van der Waals surface area contributed by atoms with E-state index in [1.807, 2.05) is 51.0 Å². The largest absolute Gasteiger partial charge is 0.390 e. The summed E-state index contributed by atoms with van der Waals surface area (Å²) < 4.78 is 1.83. The Morgan fingerprint density at radius 1 is 0.625 bits per heavy atom. The zero-order chi connectivity index (χ0) is 43.8. The van der Waals surface area contributed by atoms with Gasteiger partial charge in [-0.1, -0.05) is 65.9 Å². The predicted octanol–water partition coefficient (Wildman–Crippen LogP) is 13.2. The summed E-state index contributed by atoms with van der Waals surface area (Å²) in [6, 6.07) is 0. The van der Waals surface area contributed by atoms with E-state index in [9.17, 15) is 19.8 Å². The third kappa shape index (κ3) is 9.59. The van der Waals surface area contributed by atoms with E-state index >= 15 is 0 Å². The molecule has 9 heteroatoms. The molecule has 8 aliphatic rings. The molecular formula is C55H93BrN4O4. The molecule has 0 spiro atoms. The fourth-order valence-corrected chi connectivity index (χ4v) is 17.5. The molecule has 0 aliphatic heterocycles. The molecule has 8 fully saturated rings. The average Bonchev–Trinajstić information content (AvgIpc) is 4.01. The molecule has 64 heavy (non-hydrogen) atoms. The Morgan fingerprint density at radius 2 is 1.09 bits per heavy atom. The van der Waals surface area contributed by atoms with Gasteiger partial charge in [0, 0.05) is 24.2 Å². The van der Waals surface area contributed by atoms with Gasteiger partial charge in [-0.05, 0) is 223 Å². The second-order valence-corrected chi connectivity index (χ2v) is 24.7. The SMILES string of the molecule is C.C.C.C[C@@]1(O)CC[C@@]2(C)[C@@H](CC[C@@H]3[C@@H]2CC[C@]2(C)[C@@H](C(=O)CBr)CC[C@@H]32)C1.Cc1cn[nH]c1.Cc1cnn(CC(=O)[C@H]2CC[C@H]3[C@@H]4CC[C@H]5C[C@](C)(O)CC[C@]5(C)[C@H]4CC[C@]23C)c1. The molecule has 0 amide bonds. The van der Waals surface area contributed by atoms with Crippen LogP contribution in [0, 0.1) is 94.7 Å². The number of fused-ring (bicyclic) bond motifs is 10. The van der Waals surface area contributed by atoms with Crippen molar-refractivity contribution >= 4 is 27.5 Å². The Balaban J connectivity index is 0.000000206. The van der Waals surface area contributed by atoms with Crippen molar-refractivity contribution in [3.63, 3.8) is 0 Å². The first-order valence-corrected chi connectivity index (χ1v) is 25.9. The smallest absolute Gasteiger partial charge is 0.157 e. The number of H-pyrrole nitrogens is 1. The predicted molar refractivity (Wildman–Crippen MR) is 266 cm³/mol. The van der Waals surface area contributed by atoms with Gasteiger partial charge in [0.05, 0.1) is 35.5 Å². The van der Waals surface area contributed by atoms with E-state index in [4.69, 9.17) is 0 Å². The van der Waals surface area contributed by atoms with Crippen molar-refractivity contribution in [1.29, 1.82) is 0 Å². The van der Waals surface area contributed by atoms with E-state index < -0.39 is 11.2 Å². The summed E-state index contributed by atoms with van der Waals surface area (Å²) in [6.07, 6.45) is 28.6. The highest BCUT2D eigenvalue weighted by Gasteiger charge is 2.63. The topological polar surface area (TPSA) is 121 Å². The number of aryl methyl sites for hydroxylation is 2. The molecule has 0 saturated heterocycles. The standard InChI is InChI=1S/C26H40N2O2.C22H35BrO2.C4H6N2.3CH4/c1-17-14-27-28(15-17)16-23(29)22-8-7-20-19-6-5-18-13-24(2,30)11-12-25(18,3)21(19)9-10-26(20,22)4;1-20(25)10-11-21(2)14(12-20)4-5-15-16-6-7-18(19(24)13-23)22(16,3)9-8-17(15)21;1-4-2-5-6-3-4;;;/h14-15,18-22,30H,5-13,16H2,1-4H3;14-18,25H,4-13H2,1-3H3;2-3H,1H3,(H,5,6);3*1H4/t18-,19-,20-,21-,22+,24+,25-,26-;14-,15-,16-,17-,18+,20+,21-,22-;;;;/m00..../s1. The van der Waals surface area contributed by atoms with E-state index in [0.29, 0.717) is 52.0 Å². The van der Waals surface area contributed by atoms with E-state index in [1.165, 1.54) is 82.6 Å². The molecular weight excluding hydrogens is 861 g/mol. The highest BCUT2D eigenvalue weighted by molar-refractivity contribution is 9.09. The van der Waals surface area contributed by atoms with Crippen molar-refractivity contribution in [1.82, 2.24) is 20.0 Å². The number of alkyl halides is 1. The lowest BCUT2D eigenvalue weighted by Gasteiger charge is -2.61. The molecule has 8 nitrogen and oxygen atoms in total. The number of carbonyl (C=O) groups is 2. The van der Waals surface area contributed by atoms with Gasteiger partial charge in [-0.2, -0.15) is 10.2 Å². The normalized spacial score (nSPS) is 44.9. The summed E-state index contributed by atoms with van der Waals surface area (Å²) in [5.41, 5.74) is 2.62. The molecule has 8 saturated carbocycles. The summed E-state index contributed by atoms with van der Waals surface area (Å²) in [7, 11) is 0. The molecule has 0 bridgehead atoms. The lowest BCUT2D eigenvalue weighted by Crippen LogP contribution is -2.55. The zero-order valence-corrected chi connectivity index (χ0v) is 40.7. The van der Waals surface area contributed by atoms with E-state index in [-0.39, 0.29) is 44.9 Å². The number of Topliss-reactive ketones (excluding diaryl/α,β-unsaturated/α-hetero) is 2. The maximum atomic E-state index is 13.3. The molecule has 10 rings (SSSR count). The number of carbonyl (C=O) groups excluding carboxylic acids is 2. The summed E-state index contributed by atoms with van der Waals surface area (Å²) in [5, 5.41) is 32.6. The number of aromatic amines is 1. The van der Waals surface area contributed by atoms with Gasteiger partial charge in [-0.15, -0.1) is 0 Å². The molecule has 2 aromatic rings. The van der Waals surface area contributed by atoms with Gasteiger partial charge in [0.2, 0.25) is 0 Å². The van der Waals surface area contributed by atoms with Crippen LogP contribution in [-0.4, -0.2) is 58.3 Å². The van der Waals surface area contributed by atoms with E-state index in [1.54, 1.807) is 6.20 Å². The molecule has 364 valence electrons. The first kappa shape index (κ1) is 53.1. The highest BCUT2D eigenvalue weighted by Crippen LogP contribution is 2.70. The fraction of sp³-hybridized carbons (Fsp3) is 0.855. The minimum Gasteiger partial charge on any atom is -0.390 e. The van der Waals surface area contributed by atoms with Crippen LogP contribution in [0.15, 0.2) is 24.8 Å². The minimum atomic E-state index is -0.462. The van der Waals surface area contributed by atoms with Crippen LogP contribution in [-0.2, 0) is 16.1 Å². The van der Waals surface area contributed by atoms with Crippen LogP contribution in [0.5, 0.6) is 0 Å². The Kier molecular flexibility index (Phi) is 16.3. The number of ketones is 2. The third-order valence-corrected chi connectivity index (χ3v) is 21.1. The quantitative estimate of drug-likeness (QED) is 0.257. The van der Waals surface area contributed by atoms with E-state index in [0.717, 1.165) is 73.7 Å². The van der Waals surface area contributed by atoms with Crippen molar-refractivity contribution in [3.05, 3.63) is 35.9 Å². The Labute approximate surface area is 398 Å². The van der Waals surface area contributed by atoms with Gasteiger partial charge in [-0.25, -0.2) is 0 Å². The van der Waals surface area contributed by atoms with Gasteiger partial charge in [0.25, 0.3) is 0 Å². The van der Waals surface area contributed by atoms with Crippen LogP contribution in [0.25, 0.3) is 0 Å². The molecule has 8 aliphatic carbocycles. The molecule has 2 aromatic heterocycles. The van der Waals surface area contributed by atoms with Crippen molar-refractivity contribution in [2.24, 2.45) is 80.8 Å². The van der Waals surface area contributed by atoms with Crippen molar-refractivity contribution in [3.8, 4) is 0 Å². The first-order valence-electron chi connectivity index (χ1n) is 24.7. The number of hydrogen-bond acceptors (Lipinski definition) is 6. The van der Waals surface area contributed by atoms with Gasteiger partial charge >= 0.3 is 0 Å². The second kappa shape index (κ2) is 19.6. The van der Waals surface area contributed by atoms with Gasteiger partial charge in [0.1, 0.15) is 5.78 Å². The van der Waals surface area contributed by atoms with Crippen LogP contribution < -0.4 is 0 Å². The summed E-state index contributed by atoms with van der Waals surface area (Å²) >= 11 is 3.43. The maximum Gasteiger partial charge on any atom is 0.157 e. The van der Waals surface area contributed by atoms with Gasteiger partial charge < -0.3 is 10.2 Å². The number of rotatable bonds is 5. The van der Waals surface area contributed by atoms with Crippen LogP contribution in [0.3, 0.4) is 0 Å². The second-order valence-electron chi connectivity index (χ2n) is 24.1.